The minimum Gasteiger partial charge on any atom is -0.496 e. The van der Waals surface area contributed by atoms with Gasteiger partial charge in [0.05, 0.1) is 33.1 Å². The van der Waals surface area contributed by atoms with E-state index in [-0.39, 0.29) is 30.5 Å². The van der Waals surface area contributed by atoms with E-state index in [2.05, 4.69) is 4.98 Å². The number of nitrogens with zero attached hydrogens (tertiary/aromatic N) is 2. The van der Waals surface area contributed by atoms with E-state index in [1.165, 1.54) is 16.9 Å². The number of rotatable bonds is 18. The summed E-state index contributed by atoms with van der Waals surface area (Å²) in [5.41, 5.74) is 3.45. The van der Waals surface area contributed by atoms with Gasteiger partial charge in [0, 0.05) is 29.7 Å². The molecule has 1 amide bonds. The Morgan fingerprint density at radius 2 is 1.52 bits per heavy atom. The molecule has 4 aromatic rings. The van der Waals surface area contributed by atoms with E-state index in [0.717, 1.165) is 17.5 Å². The molecule has 0 aliphatic rings. The summed E-state index contributed by atoms with van der Waals surface area (Å²) in [4.78, 5) is 32.9. The first-order chi connectivity index (χ1) is 22.2. The number of sulfone groups is 1. The van der Waals surface area contributed by atoms with Crippen LogP contribution in [0, 0.1) is 6.92 Å². The fraction of sp³-hybridized carbons (Fsp3) is 0.343. The van der Waals surface area contributed by atoms with Gasteiger partial charge in [-0.25, -0.2) is 13.4 Å². The smallest absolute Gasteiger partial charge is 0.254 e. The number of carbonyl (C=O) groups is 2. The highest BCUT2D eigenvalue weighted by atomic mass is 32.2. The molecule has 0 aliphatic heterocycles. The van der Waals surface area contributed by atoms with Crippen LogP contribution in [0.5, 0.6) is 11.5 Å². The van der Waals surface area contributed by atoms with Gasteiger partial charge in [-0.05, 0) is 49.4 Å². The number of ether oxygens (including phenoxy) is 3. The average Bonchev–Trinajstić information content (AvgIpc) is 3.53. The molecule has 0 bridgehead atoms. The SMILES string of the molecule is COc1cc(C(=O)N(CCCc2ccccc2)Cc2nc(C(=O)CS(=O)(=O)CCCOCc3ccccc3)cs2)cc(OC)c1C. The number of hydrogen-bond donors (Lipinski definition) is 0. The molecule has 9 nitrogen and oxygen atoms in total. The van der Waals surface area contributed by atoms with Crippen molar-refractivity contribution in [2.45, 2.75) is 39.3 Å². The summed E-state index contributed by atoms with van der Waals surface area (Å²) < 4.78 is 41.9. The molecule has 0 radical (unpaired) electrons. The quantitative estimate of drug-likeness (QED) is 0.0948. The second-order valence-electron chi connectivity index (χ2n) is 10.9. The van der Waals surface area contributed by atoms with Gasteiger partial charge < -0.3 is 19.1 Å². The van der Waals surface area contributed by atoms with Crippen molar-refractivity contribution in [3.8, 4) is 11.5 Å². The summed E-state index contributed by atoms with van der Waals surface area (Å²) in [7, 11) is -0.559. The van der Waals surface area contributed by atoms with E-state index in [0.29, 0.717) is 48.1 Å². The zero-order valence-corrected chi connectivity index (χ0v) is 28.1. The van der Waals surface area contributed by atoms with Crippen LogP contribution >= 0.6 is 11.3 Å². The van der Waals surface area contributed by atoms with Gasteiger partial charge in [0.15, 0.2) is 15.6 Å². The largest absolute Gasteiger partial charge is 0.496 e. The van der Waals surface area contributed by atoms with Crippen molar-refractivity contribution in [1.29, 1.82) is 0 Å². The summed E-state index contributed by atoms with van der Waals surface area (Å²) in [5, 5.41) is 2.09. The maximum atomic E-state index is 13.8. The predicted molar refractivity (Wildman–Crippen MR) is 180 cm³/mol. The summed E-state index contributed by atoms with van der Waals surface area (Å²) in [5.74, 6) is -0.501. The van der Waals surface area contributed by atoms with Gasteiger partial charge in [0.25, 0.3) is 5.91 Å². The molecule has 0 fully saturated rings. The highest BCUT2D eigenvalue weighted by molar-refractivity contribution is 7.92. The number of carbonyl (C=O) groups excluding carboxylic acids is 2. The lowest BCUT2D eigenvalue weighted by Gasteiger charge is -2.23. The maximum absolute atomic E-state index is 13.8. The Morgan fingerprint density at radius 3 is 2.15 bits per heavy atom. The van der Waals surface area contributed by atoms with Crippen LogP contribution in [-0.4, -0.2) is 68.9 Å². The molecule has 0 spiro atoms. The molecule has 1 heterocycles. The summed E-state index contributed by atoms with van der Waals surface area (Å²) in [6, 6.07) is 23.0. The average molecular weight is 665 g/mol. The van der Waals surface area contributed by atoms with E-state index < -0.39 is 21.4 Å². The Hall–Kier alpha value is -4.06. The summed E-state index contributed by atoms with van der Waals surface area (Å²) >= 11 is 1.22. The highest BCUT2D eigenvalue weighted by Gasteiger charge is 2.23. The van der Waals surface area contributed by atoms with Crippen molar-refractivity contribution in [3.63, 3.8) is 0 Å². The minimum absolute atomic E-state index is 0.0826. The molecule has 1 aromatic heterocycles. The molecular weight excluding hydrogens is 625 g/mol. The van der Waals surface area contributed by atoms with Gasteiger partial charge in [-0.15, -0.1) is 11.3 Å². The van der Waals surface area contributed by atoms with Crippen LogP contribution in [0.3, 0.4) is 0 Å². The minimum atomic E-state index is -3.65. The number of amides is 1. The van der Waals surface area contributed by atoms with Crippen LogP contribution < -0.4 is 9.47 Å². The van der Waals surface area contributed by atoms with E-state index in [4.69, 9.17) is 14.2 Å². The van der Waals surface area contributed by atoms with E-state index in [1.807, 2.05) is 67.6 Å². The first-order valence-electron chi connectivity index (χ1n) is 15.0. The molecule has 0 N–H and O–H groups in total. The number of aryl methyl sites for hydroxylation is 1. The highest BCUT2D eigenvalue weighted by Crippen LogP contribution is 2.30. The van der Waals surface area contributed by atoms with Crippen molar-refractivity contribution < 1.29 is 32.2 Å². The standard InChI is InChI=1S/C35H40N2O7S2/c1-26-32(42-2)20-29(21-33(26)43-3)35(39)37(17-10-16-27-12-6-4-7-13-27)22-34-36-30(24-45-34)31(38)25-46(40,41)19-11-18-44-23-28-14-8-5-9-15-28/h4-9,12-15,20-21,24H,10-11,16-19,22-23,25H2,1-3H3. The van der Waals surface area contributed by atoms with Crippen LogP contribution in [0.1, 0.15) is 55.4 Å². The Labute approximate surface area is 275 Å². The normalized spacial score (nSPS) is 11.3. The molecule has 4 rings (SSSR count). The van der Waals surface area contributed by atoms with Gasteiger partial charge in [-0.2, -0.15) is 0 Å². The fourth-order valence-corrected chi connectivity index (χ4v) is 6.99. The van der Waals surface area contributed by atoms with Gasteiger partial charge in [-0.1, -0.05) is 60.7 Å². The van der Waals surface area contributed by atoms with E-state index in [9.17, 15) is 18.0 Å². The molecule has 46 heavy (non-hydrogen) atoms. The van der Waals surface area contributed by atoms with E-state index >= 15 is 0 Å². The lowest BCUT2D eigenvalue weighted by Crippen LogP contribution is -2.32. The summed E-state index contributed by atoms with van der Waals surface area (Å²) in [6.07, 6.45) is 1.78. The Morgan fingerprint density at radius 1 is 0.891 bits per heavy atom. The van der Waals surface area contributed by atoms with Crippen molar-refractivity contribution in [3.05, 3.63) is 111 Å². The maximum Gasteiger partial charge on any atom is 0.254 e. The molecule has 0 unspecified atom stereocenters. The Balaban J connectivity index is 1.39. The van der Waals surface area contributed by atoms with Crippen molar-refractivity contribution in [2.24, 2.45) is 0 Å². The van der Waals surface area contributed by atoms with Gasteiger partial charge in [0.1, 0.15) is 28.0 Å². The molecule has 0 saturated carbocycles. The third-order valence-electron chi connectivity index (χ3n) is 7.39. The van der Waals surface area contributed by atoms with Crippen LogP contribution in [0.4, 0.5) is 0 Å². The number of benzene rings is 3. The van der Waals surface area contributed by atoms with Gasteiger partial charge in [-0.3, -0.25) is 9.59 Å². The molecule has 3 aromatic carbocycles. The number of ketones is 1. The number of thiazole rings is 1. The second-order valence-corrected chi connectivity index (χ2v) is 14.0. The molecule has 0 aliphatic carbocycles. The van der Waals surface area contributed by atoms with Crippen LogP contribution in [0.2, 0.25) is 0 Å². The molecule has 11 heteroatoms. The Bertz CT molecular complexity index is 1670. The predicted octanol–water partition coefficient (Wildman–Crippen LogP) is 5.95. The molecule has 244 valence electrons. The first kappa shape index (κ1) is 34.8. The van der Waals surface area contributed by atoms with Crippen LogP contribution in [0.15, 0.2) is 78.2 Å². The molecular formula is C35H40N2O7S2. The Kier molecular flexibility index (Phi) is 12.9. The first-order valence-corrected chi connectivity index (χ1v) is 17.7. The third-order valence-corrected chi connectivity index (χ3v) is 9.84. The van der Waals surface area contributed by atoms with Crippen molar-refractivity contribution in [1.82, 2.24) is 9.88 Å². The fourth-order valence-electron chi connectivity index (χ4n) is 4.93. The van der Waals surface area contributed by atoms with Crippen molar-refractivity contribution in [2.75, 3.05) is 38.9 Å². The lowest BCUT2D eigenvalue weighted by atomic mass is 10.1. The topological polar surface area (TPSA) is 112 Å². The van der Waals surface area contributed by atoms with Gasteiger partial charge >= 0.3 is 0 Å². The third kappa shape index (κ3) is 10.2. The lowest BCUT2D eigenvalue weighted by molar-refractivity contribution is 0.0740. The number of methoxy groups -OCH3 is 2. The second kappa shape index (κ2) is 17.0. The van der Waals surface area contributed by atoms with E-state index in [1.54, 1.807) is 36.6 Å². The zero-order chi connectivity index (χ0) is 32.9. The summed E-state index contributed by atoms with van der Waals surface area (Å²) in [6.45, 7) is 3.14. The zero-order valence-electron chi connectivity index (χ0n) is 26.4. The van der Waals surface area contributed by atoms with Gasteiger partial charge in [0.2, 0.25) is 0 Å². The molecule has 0 saturated heterocycles. The van der Waals surface area contributed by atoms with Crippen molar-refractivity contribution >= 4 is 32.9 Å². The number of aromatic nitrogens is 1. The molecule has 0 atom stereocenters. The number of Topliss-reactive ketones (excluding diaryl/α,β-unsaturated/α-hetero) is 1. The van der Waals surface area contributed by atoms with Crippen LogP contribution in [0.25, 0.3) is 0 Å². The monoisotopic (exact) mass is 664 g/mol. The van der Waals surface area contributed by atoms with Crippen LogP contribution in [-0.2, 0) is 34.1 Å². The number of hydrogen-bond acceptors (Lipinski definition) is 9.